The van der Waals surface area contributed by atoms with E-state index in [4.69, 9.17) is 14.6 Å². The van der Waals surface area contributed by atoms with Crippen LogP contribution in [0.1, 0.15) is 17.7 Å². The molecule has 3 rings (SSSR count). The standard InChI is InChI=1S/C19H25N3O2.C2HF3O2/c1-20-19(23)10-16-12-21(14-17-6-4-8-22(17)13-16)11-15-5-3-7-18(9-15)24-2;3-2(4,5)1(6)7/h3-9,16H,10-14H2,1-2H3,(H,20,23);(H,6,7). The number of ether oxygens (including phenoxy) is 1. The Hall–Kier alpha value is -3.01. The number of methoxy groups -OCH3 is 1. The number of alkyl halides is 3. The minimum absolute atomic E-state index is 0.108. The first-order valence-corrected chi connectivity index (χ1v) is 9.62. The van der Waals surface area contributed by atoms with Crippen LogP contribution in [0.4, 0.5) is 13.2 Å². The fraction of sp³-hybridized carbons (Fsp3) is 0.429. The number of carboxylic acid groups (broad SMARTS) is 1. The Morgan fingerprint density at radius 3 is 2.55 bits per heavy atom. The summed E-state index contributed by atoms with van der Waals surface area (Å²) in [5.74, 6) is -1.46. The van der Waals surface area contributed by atoms with E-state index in [9.17, 15) is 18.0 Å². The molecule has 0 bridgehead atoms. The van der Waals surface area contributed by atoms with Crippen molar-refractivity contribution in [3.8, 4) is 5.75 Å². The summed E-state index contributed by atoms with van der Waals surface area (Å²) in [5.41, 5.74) is 2.53. The van der Waals surface area contributed by atoms with Crippen molar-refractivity contribution in [3.05, 3.63) is 53.9 Å². The average molecular weight is 441 g/mol. The average Bonchev–Trinajstić information content (AvgIpc) is 3.07. The summed E-state index contributed by atoms with van der Waals surface area (Å²) < 4.78 is 39.3. The van der Waals surface area contributed by atoms with Crippen molar-refractivity contribution in [1.29, 1.82) is 0 Å². The lowest BCUT2D eigenvalue weighted by molar-refractivity contribution is -0.192. The van der Waals surface area contributed by atoms with Crippen molar-refractivity contribution in [2.75, 3.05) is 20.7 Å². The van der Waals surface area contributed by atoms with Gasteiger partial charge in [0.1, 0.15) is 5.75 Å². The number of carboxylic acids is 1. The normalized spacial score (nSPS) is 16.4. The van der Waals surface area contributed by atoms with E-state index in [1.165, 1.54) is 11.3 Å². The quantitative estimate of drug-likeness (QED) is 0.746. The largest absolute Gasteiger partial charge is 0.497 e. The zero-order valence-electron chi connectivity index (χ0n) is 17.4. The third kappa shape index (κ3) is 7.63. The van der Waals surface area contributed by atoms with Gasteiger partial charge in [-0.25, -0.2) is 4.79 Å². The number of hydrogen-bond donors (Lipinski definition) is 2. The van der Waals surface area contributed by atoms with E-state index in [0.717, 1.165) is 31.9 Å². The summed E-state index contributed by atoms with van der Waals surface area (Å²) in [4.78, 5) is 23.1. The first kappa shape index (κ1) is 24.3. The zero-order valence-corrected chi connectivity index (χ0v) is 17.4. The van der Waals surface area contributed by atoms with Gasteiger partial charge in [0.2, 0.25) is 5.91 Å². The van der Waals surface area contributed by atoms with Crippen molar-refractivity contribution in [2.24, 2.45) is 5.92 Å². The number of benzene rings is 1. The summed E-state index contributed by atoms with van der Waals surface area (Å²) in [6.45, 7) is 3.55. The number of carbonyl (C=O) groups excluding carboxylic acids is 1. The molecule has 0 saturated heterocycles. The van der Waals surface area contributed by atoms with E-state index in [-0.39, 0.29) is 5.91 Å². The predicted molar refractivity (Wildman–Crippen MR) is 107 cm³/mol. The Labute approximate surface area is 178 Å². The van der Waals surface area contributed by atoms with Crippen LogP contribution in [0.5, 0.6) is 5.75 Å². The molecule has 2 heterocycles. The van der Waals surface area contributed by atoms with Gasteiger partial charge in [0.25, 0.3) is 0 Å². The van der Waals surface area contributed by atoms with Crippen molar-refractivity contribution in [3.63, 3.8) is 0 Å². The van der Waals surface area contributed by atoms with Crippen LogP contribution in [0, 0.1) is 5.92 Å². The number of rotatable bonds is 5. The van der Waals surface area contributed by atoms with Crippen LogP contribution in [0.25, 0.3) is 0 Å². The Morgan fingerprint density at radius 2 is 1.94 bits per heavy atom. The Kier molecular flexibility index (Phi) is 8.49. The maximum atomic E-state index is 11.8. The molecule has 1 aromatic carbocycles. The van der Waals surface area contributed by atoms with Crippen LogP contribution in [-0.2, 0) is 29.2 Å². The number of fused-ring (bicyclic) bond motifs is 1. The van der Waals surface area contributed by atoms with Crippen LogP contribution < -0.4 is 10.1 Å². The van der Waals surface area contributed by atoms with Crippen molar-refractivity contribution in [1.82, 2.24) is 14.8 Å². The number of nitrogens with zero attached hydrogens (tertiary/aromatic N) is 2. The maximum absolute atomic E-state index is 11.8. The molecular weight excluding hydrogens is 415 g/mol. The summed E-state index contributed by atoms with van der Waals surface area (Å²) in [7, 11) is 3.39. The van der Waals surface area contributed by atoms with E-state index < -0.39 is 12.1 Å². The third-order valence-electron chi connectivity index (χ3n) is 4.82. The SMILES string of the molecule is CNC(=O)CC1CN(Cc2cccc(OC)c2)Cc2cccn2C1.O=C(O)C(F)(F)F. The van der Waals surface area contributed by atoms with Crippen molar-refractivity contribution >= 4 is 11.9 Å². The molecule has 2 aromatic rings. The van der Waals surface area contributed by atoms with Gasteiger partial charge in [-0.05, 0) is 35.7 Å². The summed E-state index contributed by atoms with van der Waals surface area (Å²) in [6.07, 6.45) is -2.41. The molecule has 0 fully saturated rings. The molecular formula is C21H26F3N3O4. The molecule has 0 saturated carbocycles. The number of halogens is 3. The van der Waals surface area contributed by atoms with Gasteiger partial charge in [0.05, 0.1) is 7.11 Å². The lowest BCUT2D eigenvalue weighted by Crippen LogP contribution is -2.31. The molecule has 2 N–H and O–H groups in total. The molecule has 0 aliphatic carbocycles. The van der Waals surface area contributed by atoms with E-state index >= 15 is 0 Å². The first-order chi connectivity index (χ1) is 14.6. The fourth-order valence-corrected chi connectivity index (χ4v) is 3.41. The molecule has 170 valence electrons. The smallest absolute Gasteiger partial charge is 0.490 e. The highest BCUT2D eigenvalue weighted by atomic mass is 19.4. The lowest BCUT2D eigenvalue weighted by Gasteiger charge is -2.24. The summed E-state index contributed by atoms with van der Waals surface area (Å²) in [5, 5.41) is 9.87. The van der Waals surface area contributed by atoms with E-state index in [1.807, 2.05) is 12.1 Å². The van der Waals surface area contributed by atoms with Gasteiger partial charge in [-0.15, -0.1) is 0 Å². The zero-order chi connectivity index (χ0) is 23.0. The number of aliphatic carboxylic acids is 1. The van der Waals surface area contributed by atoms with Gasteiger partial charge in [-0.2, -0.15) is 13.2 Å². The lowest BCUT2D eigenvalue weighted by atomic mass is 10.0. The Morgan fingerprint density at radius 1 is 1.23 bits per heavy atom. The Bertz CT molecular complexity index is 883. The molecule has 7 nitrogen and oxygen atoms in total. The second-order valence-corrected chi connectivity index (χ2v) is 7.22. The highest BCUT2D eigenvalue weighted by Crippen LogP contribution is 2.22. The fourth-order valence-electron chi connectivity index (χ4n) is 3.41. The molecule has 31 heavy (non-hydrogen) atoms. The highest BCUT2D eigenvalue weighted by Gasteiger charge is 2.38. The van der Waals surface area contributed by atoms with Gasteiger partial charge < -0.3 is 19.7 Å². The van der Waals surface area contributed by atoms with Crippen LogP contribution in [0.15, 0.2) is 42.6 Å². The Balaban J connectivity index is 0.000000423. The first-order valence-electron chi connectivity index (χ1n) is 9.62. The van der Waals surface area contributed by atoms with E-state index in [2.05, 4.69) is 45.2 Å². The monoisotopic (exact) mass is 441 g/mol. The number of carbonyl (C=O) groups is 2. The van der Waals surface area contributed by atoms with Gasteiger partial charge in [0.15, 0.2) is 0 Å². The van der Waals surface area contributed by atoms with Gasteiger partial charge in [-0.1, -0.05) is 12.1 Å². The summed E-state index contributed by atoms with van der Waals surface area (Å²) >= 11 is 0. The third-order valence-corrected chi connectivity index (χ3v) is 4.82. The molecule has 0 radical (unpaired) electrons. The number of aromatic nitrogens is 1. The number of nitrogens with one attached hydrogen (secondary N) is 1. The van der Waals surface area contributed by atoms with E-state index in [0.29, 0.717) is 12.3 Å². The summed E-state index contributed by atoms with van der Waals surface area (Å²) in [6, 6.07) is 12.4. The topological polar surface area (TPSA) is 83.8 Å². The molecule has 1 amide bonds. The van der Waals surface area contributed by atoms with Crippen LogP contribution in [-0.4, -0.2) is 53.3 Å². The van der Waals surface area contributed by atoms with Gasteiger partial charge in [0, 0.05) is 51.5 Å². The minimum atomic E-state index is -5.08. The molecule has 1 aromatic heterocycles. The van der Waals surface area contributed by atoms with Crippen molar-refractivity contribution < 1.29 is 32.6 Å². The minimum Gasteiger partial charge on any atom is -0.497 e. The molecule has 1 aliphatic heterocycles. The van der Waals surface area contributed by atoms with Gasteiger partial charge >= 0.3 is 12.1 Å². The van der Waals surface area contributed by atoms with Crippen LogP contribution >= 0.6 is 0 Å². The van der Waals surface area contributed by atoms with Gasteiger partial charge in [-0.3, -0.25) is 9.69 Å². The number of hydrogen-bond acceptors (Lipinski definition) is 4. The second-order valence-electron chi connectivity index (χ2n) is 7.22. The highest BCUT2D eigenvalue weighted by molar-refractivity contribution is 5.75. The molecule has 0 spiro atoms. The maximum Gasteiger partial charge on any atom is 0.490 e. The molecule has 1 unspecified atom stereocenters. The van der Waals surface area contributed by atoms with Crippen molar-refractivity contribution in [2.45, 2.75) is 32.2 Å². The molecule has 1 atom stereocenters. The number of amides is 1. The molecule has 10 heteroatoms. The van der Waals surface area contributed by atoms with Crippen LogP contribution in [0.2, 0.25) is 0 Å². The molecule has 1 aliphatic rings. The van der Waals surface area contributed by atoms with E-state index in [1.54, 1.807) is 14.2 Å². The second kappa shape index (κ2) is 10.9. The predicted octanol–water partition coefficient (Wildman–Crippen LogP) is 2.90. The van der Waals surface area contributed by atoms with Crippen LogP contribution in [0.3, 0.4) is 0 Å².